The monoisotopic (exact) mass is 377 g/mol. The number of aryl methyl sites for hydroxylation is 2. The van der Waals surface area contributed by atoms with E-state index in [2.05, 4.69) is 34.2 Å². The van der Waals surface area contributed by atoms with Crippen molar-refractivity contribution in [2.24, 2.45) is 7.05 Å². The molecule has 0 saturated carbocycles. The Balaban J connectivity index is 1.58. The summed E-state index contributed by atoms with van der Waals surface area (Å²) in [5, 5.41) is 9.39. The van der Waals surface area contributed by atoms with E-state index in [-0.39, 0.29) is 5.56 Å². The first kappa shape index (κ1) is 17.5. The van der Waals surface area contributed by atoms with Crippen LogP contribution in [0.5, 0.6) is 0 Å². The van der Waals surface area contributed by atoms with E-state index < -0.39 is 0 Å². The molecule has 0 unspecified atom stereocenters. The van der Waals surface area contributed by atoms with Gasteiger partial charge in [0, 0.05) is 30.6 Å². The van der Waals surface area contributed by atoms with Crippen LogP contribution in [0.3, 0.4) is 0 Å². The normalized spacial score (nSPS) is 11.2. The lowest BCUT2D eigenvalue weighted by Gasteiger charge is -2.06. The van der Waals surface area contributed by atoms with Crippen molar-refractivity contribution in [3.63, 3.8) is 0 Å². The molecule has 136 valence electrons. The molecule has 7 heteroatoms. The standard InChI is InChI=1S/C20H19N5OS/c1-13-4-6-15(7-5-13)19-22-23-20(24(19)3)27-12-16-11-18(26)25-9-8-14(2)10-17(25)21-16/h4-11H,12H2,1-3H3. The van der Waals surface area contributed by atoms with Crippen LogP contribution in [0.1, 0.15) is 16.8 Å². The molecular weight excluding hydrogens is 358 g/mol. The number of pyridine rings is 1. The maximum absolute atomic E-state index is 12.3. The maximum Gasteiger partial charge on any atom is 0.258 e. The summed E-state index contributed by atoms with van der Waals surface area (Å²) < 4.78 is 3.52. The van der Waals surface area contributed by atoms with Crippen LogP contribution in [0.4, 0.5) is 0 Å². The molecule has 0 atom stereocenters. The molecule has 6 nitrogen and oxygen atoms in total. The van der Waals surface area contributed by atoms with Crippen molar-refractivity contribution < 1.29 is 0 Å². The van der Waals surface area contributed by atoms with Crippen molar-refractivity contribution in [2.45, 2.75) is 24.8 Å². The highest BCUT2D eigenvalue weighted by Gasteiger charge is 2.12. The molecule has 0 aliphatic carbocycles. The third-order valence-electron chi connectivity index (χ3n) is 4.37. The Hall–Kier alpha value is -2.93. The molecule has 0 amide bonds. The van der Waals surface area contributed by atoms with E-state index in [1.807, 2.05) is 42.8 Å². The zero-order valence-corrected chi connectivity index (χ0v) is 16.2. The molecule has 1 aromatic carbocycles. The van der Waals surface area contributed by atoms with Gasteiger partial charge in [-0.2, -0.15) is 0 Å². The molecular formula is C20H19N5OS. The summed E-state index contributed by atoms with van der Waals surface area (Å²) in [5.74, 6) is 1.37. The minimum absolute atomic E-state index is 0.0751. The van der Waals surface area contributed by atoms with E-state index in [0.29, 0.717) is 11.4 Å². The number of fused-ring (bicyclic) bond motifs is 1. The first-order valence-corrected chi connectivity index (χ1v) is 9.58. The second-order valence-corrected chi connectivity index (χ2v) is 7.48. The summed E-state index contributed by atoms with van der Waals surface area (Å²) in [4.78, 5) is 16.9. The fraction of sp³-hybridized carbons (Fsp3) is 0.200. The van der Waals surface area contributed by atoms with Crippen molar-refractivity contribution in [3.05, 3.63) is 75.8 Å². The van der Waals surface area contributed by atoms with Crippen LogP contribution in [0.25, 0.3) is 17.0 Å². The lowest BCUT2D eigenvalue weighted by Crippen LogP contribution is -2.15. The largest absolute Gasteiger partial charge is 0.305 e. The zero-order chi connectivity index (χ0) is 19.0. The Morgan fingerprint density at radius 2 is 1.78 bits per heavy atom. The van der Waals surface area contributed by atoms with Crippen LogP contribution in [0.2, 0.25) is 0 Å². The summed E-state index contributed by atoms with van der Waals surface area (Å²) >= 11 is 1.52. The molecule has 0 aliphatic rings. The molecule has 0 aliphatic heterocycles. The number of hydrogen-bond acceptors (Lipinski definition) is 5. The highest BCUT2D eigenvalue weighted by atomic mass is 32.2. The molecule has 0 saturated heterocycles. The molecule has 3 aromatic heterocycles. The zero-order valence-electron chi connectivity index (χ0n) is 15.4. The van der Waals surface area contributed by atoms with Gasteiger partial charge in [-0.25, -0.2) is 4.98 Å². The van der Waals surface area contributed by atoms with Gasteiger partial charge in [0.25, 0.3) is 5.56 Å². The SMILES string of the molecule is Cc1ccc(-c2nnc(SCc3cc(=O)n4ccc(C)cc4n3)n2C)cc1. The van der Waals surface area contributed by atoms with E-state index in [0.717, 1.165) is 27.8 Å². The van der Waals surface area contributed by atoms with Crippen molar-refractivity contribution in [3.8, 4) is 11.4 Å². The van der Waals surface area contributed by atoms with Crippen molar-refractivity contribution >= 4 is 17.4 Å². The Morgan fingerprint density at radius 3 is 2.56 bits per heavy atom. The Bertz CT molecular complexity index is 1180. The minimum atomic E-state index is -0.0751. The summed E-state index contributed by atoms with van der Waals surface area (Å²) in [6.45, 7) is 4.04. The summed E-state index contributed by atoms with van der Waals surface area (Å²) in [7, 11) is 1.95. The number of benzene rings is 1. The van der Waals surface area contributed by atoms with Crippen molar-refractivity contribution in [2.75, 3.05) is 0 Å². The number of thioether (sulfide) groups is 1. The molecule has 0 radical (unpaired) electrons. The van der Waals surface area contributed by atoms with E-state index in [4.69, 9.17) is 0 Å². The van der Waals surface area contributed by atoms with E-state index >= 15 is 0 Å². The second-order valence-electron chi connectivity index (χ2n) is 6.54. The number of aromatic nitrogens is 5. The maximum atomic E-state index is 12.3. The second kappa shape index (κ2) is 7.00. The molecule has 0 N–H and O–H groups in total. The minimum Gasteiger partial charge on any atom is -0.305 e. The lowest BCUT2D eigenvalue weighted by atomic mass is 10.1. The summed E-state index contributed by atoms with van der Waals surface area (Å²) in [6, 6.07) is 13.6. The third kappa shape index (κ3) is 3.50. The van der Waals surface area contributed by atoms with Gasteiger partial charge >= 0.3 is 0 Å². The Morgan fingerprint density at radius 1 is 1.00 bits per heavy atom. The first-order valence-electron chi connectivity index (χ1n) is 8.59. The molecule has 27 heavy (non-hydrogen) atoms. The molecule has 0 fully saturated rings. The van der Waals surface area contributed by atoms with Gasteiger partial charge in [-0.1, -0.05) is 41.6 Å². The molecule has 0 bridgehead atoms. The Kier molecular flexibility index (Phi) is 4.53. The molecule has 4 rings (SSSR count). The smallest absolute Gasteiger partial charge is 0.258 e. The van der Waals surface area contributed by atoms with Crippen LogP contribution < -0.4 is 5.56 Å². The van der Waals surface area contributed by atoms with E-state index in [9.17, 15) is 4.79 Å². The van der Waals surface area contributed by atoms with E-state index in [1.54, 1.807) is 16.7 Å². The fourth-order valence-corrected chi connectivity index (χ4v) is 3.66. The van der Waals surface area contributed by atoms with Gasteiger partial charge in [0.1, 0.15) is 5.65 Å². The topological polar surface area (TPSA) is 65.1 Å². The van der Waals surface area contributed by atoms with Crippen LogP contribution in [-0.4, -0.2) is 24.1 Å². The third-order valence-corrected chi connectivity index (χ3v) is 5.42. The number of hydrogen-bond donors (Lipinski definition) is 0. The highest BCUT2D eigenvalue weighted by Crippen LogP contribution is 2.24. The van der Waals surface area contributed by atoms with Gasteiger partial charge in [-0.3, -0.25) is 9.20 Å². The molecule has 3 heterocycles. The van der Waals surface area contributed by atoms with E-state index in [1.165, 1.54) is 17.3 Å². The lowest BCUT2D eigenvalue weighted by molar-refractivity contribution is 0.793. The predicted octanol–water partition coefficient (Wildman–Crippen LogP) is 3.40. The summed E-state index contributed by atoms with van der Waals surface area (Å²) in [5.41, 5.74) is 4.63. The molecule has 4 aromatic rings. The van der Waals surface area contributed by atoms with Gasteiger partial charge < -0.3 is 4.57 Å². The fourth-order valence-electron chi connectivity index (χ4n) is 2.86. The molecule has 0 spiro atoms. The summed E-state index contributed by atoms with van der Waals surface area (Å²) in [6.07, 6.45) is 1.76. The van der Waals surface area contributed by atoms with Crippen molar-refractivity contribution in [1.29, 1.82) is 0 Å². The van der Waals surface area contributed by atoms with Gasteiger partial charge in [-0.15, -0.1) is 10.2 Å². The van der Waals surface area contributed by atoms with Crippen LogP contribution >= 0.6 is 11.8 Å². The van der Waals surface area contributed by atoms with Crippen LogP contribution in [-0.2, 0) is 12.8 Å². The Labute approximate surface area is 160 Å². The van der Waals surface area contributed by atoms with Gasteiger partial charge in [-0.05, 0) is 31.5 Å². The predicted molar refractivity (Wildman–Crippen MR) is 107 cm³/mol. The van der Waals surface area contributed by atoms with Gasteiger partial charge in [0.05, 0.1) is 5.69 Å². The number of nitrogens with zero attached hydrogens (tertiary/aromatic N) is 5. The highest BCUT2D eigenvalue weighted by molar-refractivity contribution is 7.98. The first-order chi connectivity index (χ1) is 13.0. The van der Waals surface area contributed by atoms with Gasteiger partial charge in [0.15, 0.2) is 11.0 Å². The number of rotatable bonds is 4. The van der Waals surface area contributed by atoms with Gasteiger partial charge in [0.2, 0.25) is 0 Å². The van der Waals surface area contributed by atoms with Crippen LogP contribution in [0, 0.1) is 13.8 Å². The average molecular weight is 377 g/mol. The van der Waals surface area contributed by atoms with Crippen LogP contribution in [0.15, 0.2) is 58.6 Å². The average Bonchev–Trinajstić information content (AvgIpc) is 3.01. The van der Waals surface area contributed by atoms with Crippen molar-refractivity contribution in [1.82, 2.24) is 24.1 Å². The quantitative estimate of drug-likeness (QED) is 0.510.